The van der Waals surface area contributed by atoms with Gasteiger partial charge in [-0.05, 0) is 56.4 Å². The van der Waals surface area contributed by atoms with Crippen LogP contribution in [0.5, 0.6) is 0 Å². The minimum absolute atomic E-state index is 0.0429. The van der Waals surface area contributed by atoms with Gasteiger partial charge in [-0.15, -0.1) is 0 Å². The molecule has 0 unspecified atom stereocenters. The Labute approximate surface area is 206 Å². The number of amides is 3. The third-order valence-electron chi connectivity index (χ3n) is 6.98. The van der Waals surface area contributed by atoms with Gasteiger partial charge < -0.3 is 15.5 Å². The summed E-state index contributed by atoms with van der Waals surface area (Å²) < 4.78 is 0. The molecule has 2 aromatic carbocycles. The molecule has 2 aliphatic rings. The van der Waals surface area contributed by atoms with E-state index in [1.807, 2.05) is 31.2 Å². The van der Waals surface area contributed by atoms with Crippen molar-refractivity contribution in [2.75, 3.05) is 13.1 Å². The average Bonchev–Trinajstić information content (AvgIpc) is 2.85. The molecular weight excluding hydrogens is 450 g/mol. The SMILES string of the molecule is Cc1ccccc1C(=O)N[C@@H]1CCCC[C@H]1NC(=O)[C@H]1CCCN(C(=O)c2ccccc2Cl)C1. The average molecular weight is 482 g/mol. The van der Waals surface area contributed by atoms with Crippen molar-refractivity contribution in [2.45, 2.75) is 57.5 Å². The van der Waals surface area contributed by atoms with Crippen LogP contribution in [0.15, 0.2) is 48.5 Å². The van der Waals surface area contributed by atoms with E-state index in [-0.39, 0.29) is 35.7 Å². The quantitative estimate of drug-likeness (QED) is 0.666. The lowest BCUT2D eigenvalue weighted by molar-refractivity contribution is -0.127. The number of piperidine rings is 1. The molecule has 7 heteroatoms. The fourth-order valence-electron chi connectivity index (χ4n) is 5.03. The van der Waals surface area contributed by atoms with E-state index < -0.39 is 0 Å². The van der Waals surface area contributed by atoms with Crippen molar-refractivity contribution in [3.8, 4) is 0 Å². The van der Waals surface area contributed by atoms with Gasteiger partial charge in [0.05, 0.1) is 16.5 Å². The van der Waals surface area contributed by atoms with Crippen LogP contribution in [0.3, 0.4) is 0 Å². The number of benzene rings is 2. The topological polar surface area (TPSA) is 78.5 Å². The summed E-state index contributed by atoms with van der Waals surface area (Å²) in [4.78, 5) is 40.8. The summed E-state index contributed by atoms with van der Waals surface area (Å²) in [6.45, 7) is 2.92. The highest BCUT2D eigenvalue weighted by Gasteiger charge is 2.33. The second kappa shape index (κ2) is 11.0. The van der Waals surface area contributed by atoms with Gasteiger partial charge >= 0.3 is 0 Å². The lowest BCUT2D eigenvalue weighted by Crippen LogP contribution is -2.55. The minimum atomic E-state index is -0.269. The molecule has 34 heavy (non-hydrogen) atoms. The molecule has 0 aromatic heterocycles. The van der Waals surface area contributed by atoms with E-state index in [1.54, 1.807) is 29.2 Å². The molecule has 0 bridgehead atoms. The van der Waals surface area contributed by atoms with Crippen molar-refractivity contribution >= 4 is 29.3 Å². The van der Waals surface area contributed by atoms with Crippen LogP contribution < -0.4 is 10.6 Å². The lowest BCUT2D eigenvalue weighted by Gasteiger charge is -2.36. The second-order valence-corrected chi connectivity index (χ2v) is 9.77. The zero-order valence-corrected chi connectivity index (χ0v) is 20.3. The first-order valence-electron chi connectivity index (χ1n) is 12.1. The van der Waals surface area contributed by atoms with Crippen LogP contribution in [0.4, 0.5) is 0 Å². The van der Waals surface area contributed by atoms with E-state index in [0.717, 1.165) is 44.1 Å². The highest BCUT2D eigenvalue weighted by molar-refractivity contribution is 6.33. The summed E-state index contributed by atoms with van der Waals surface area (Å²) in [6, 6.07) is 14.3. The van der Waals surface area contributed by atoms with Crippen molar-refractivity contribution < 1.29 is 14.4 Å². The largest absolute Gasteiger partial charge is 0.351 e. The Bertz CT molecular complexity index is 1060. The molecule has 4 rings (SSSR count). The first kappa shape index (κ1) is 24.3. The molecule has 2 N–H and O–H groups in total. The summed E-state index contributed by atoms with van der Waals surface area (Å²) in [5.41, 5.74) is 2.07. The molecule has 0 spiro atoms. The van der Waals surface area contributed by atoms with Crippen molar-refractivity contribution in [2.24, 2.45) is 5.92 Å². The summed E-state index contributed by atoms with van der Waals surface area (Å²) in [7, 11) is 0. The van der Waals surface area contributed by atoms with E-state index in [1.165, 1.54) is 0 Å². The summed E-state index contributed by atoms with van der Waals surface area (Å²) >= 11 is 6.22. The molecule has 180 valence electrons. The number of rotatable bonds is 5. The van der Waals surface area contributed by atoms with Crippen LogP contribution in [0.2, 0.25) is 5.02 Å². The third-order valence-corrected chi connectivity index (χ3v) is 7.31. The lowest BCUT2D eigenvalue weighted by atomic mass is 9.88. The van der Waals surface area contributed by atoms with Gasteiger partial charge in [-0.1, -0.05) is 54.8 Å². The maximum Gasteiger partial charge on any atom is 0.255 e. The molecule has 2 aromatic rings. The molecule has 1 saturated carbocycles. The van der Waals surface area contributed by atoms with Gasteiger partial charge in [0, 0.05) is 30.7 Å². The third kappa shape index (κ3) is 5.61. The molecule has 2 fully saturated rings. The zero-order valence-electron chi connectivity index (χ0n) is 19.6. The van der Waals surface area contributed by atoms with Crippen molar-refractivity contribution in [1.82, 2.24) is 15.5 Å². The summed E-state index contributed by atoms with van der Waals surface area (Å²) in [5, 5.41) is 6.78. The van der Waals surface area contributed by atoms with E-state index in [9.17, 15) is 14.4 Å². The molecule has 1 heterocycles. The van der Waals surface area contributed by atoms with Crippen LogP contribution in [0.25, 0.3) is 0 Å². The van der Waals surface area contributed by atoms with Crippen molar-refractivity contribution in [3.63, 3.8) is 0 Å². The monoisotopic (exact) mass is 481 g/mol. The van der Waals surface area contributed by atoms with Crippen LogP contribution in [-0.2, 0) is 4.79 Å². The minimum Gasteiger partial charge on any atom is -0.351 e. The van der Waals surface area contributed by atoms with E-state index in [2.05, 4.69) is 10.6 Å². The van der Waals surface area contributed by atoms with E-state index >= 15 is 0 Å². The standard InChI is InChI=1S/C27H32ClN3O3/c1-18-9-2-3-11-20(18)26(33)30-24-15-7-6-14-23(24)29-25(32)19-10-8-16-31(17-19)27(34)21-12-4-5-13-22(21)28/h2-5,9,11-13,19,23-24H,6-8,10,14-17H2,1H3,(H,29,32)(H,30,33)/t19-,23+,24+/m0/s1. The Balaban J connectivity index is 1.38. The van der Waals surface area contributed by atoms with Crippen LogP contribution in [-0.4, -0.2) is 47.8 Å². The molecule has 6 nitrogen and oxygen atoms in total. The van der Waals surface area contributed by atoms with Gasteiger partial charge in [-0.2, -0.15) is 0 Å². The first-order chi connectivity index (χ1) is 16.4. The Morgan fingerprint density at radius 1 is 0.853 bits per heavy atom. The highest BCUT2D eigenvalue weighted by Crippen LogP contribution is 2.24. The number of halogens is 1. The number of aryl methyl sites for hydroxylation is 1. The molecule has 0 radical (unpaired) electrons. The molecule has 3 atom stereocenters. The number of likely N-dealkylation sites (tertiary alicyclic amines) is 1. The van der Waals surface area contributed by atoms with Crippen molar-refractivity contribution in [3.05, 3.63) is 70.2 Å². The molecule has 1 saturated heterocycles. The fourth-order valence-corrected chi connectivity index (χ4v) is 5.25. The Kier molecular flexibility index (Phi) is 7.88. The van der Waals surface area contributed by atoms with Crippen LogP contribution >= 0.6 is 11.6 Å². The highest BCUT2D eigenvalue weighted by atomic mass is 35.5. The van der Waals surface area contributed by atoms with Gasteiger partial charge in [-0.3, -0.25) is 14.4 Å². The van der Waals surface area contributed by atoms with Crippen LogP contribution in [0.1, 0.15) is 64.8 Å². The predicted molar refractivity (Wildman–Crippen MR) is 133 cm³/mol. The van der Waals surface area contributed by atoms with Gasteiger partial charge in [0.1, 0.15) is 0 Å². The number of hydrogen-bond acceptors (Lipinski definition) is 3. The Morgan fingerprint density at radius 2 is 1.50 bits per heavy atom. The maximum atomic E-state index is 13.2. The maximum absolute atomic E-state index is 13.2. The Hall–Kier alpha value is -2.86. The van der Waals surface area contributed by atoms with Gasteiger partial charge in [-0.25, -0.2) is 0 Å². The van der Waals surface area contributed by atoms with Crippen LogP contribution in [0, 0.1) is 12.8 Å². The molecule has 1 aliphatic heterocycles. The van der Waals surface area contributed by atoms with Gasteiger partial charge in [0.15, 0.2) is 0 Å². The smallest absolute Gasteiger partial charge is 0.255 e. The molecule has 1 aliphatic carbocycles. The number of carbonyl (C=O) groups excluding carboxylic acids is 3. The van der Waals surface area contributed by atoms with Crippen molar-refractivity contribution in [1.29, 1.82) is 0 Å². The zero-order chi connectivity index (χ0) is 24.1. The molecule has 3 amide bonds. The first-order valence-corrected chi connectivity index (χ1v) is 12.5. The normalized spacial score (nSPS) is 22.6. The number of hydrogen-bond donors (Lipinski definition) is 2. The summed E-state index contributed by atoms with van der Waals surface area (Å²) in [5.74, 6) is -0.545. The van der Waals surface area contributed by atoms with E-state index in [4.69, 9.17) is 11.6 Å². The second-order valence-electron chi connectivity index (χ2n) is 9.36. The number of nitrogens with zero attached hydrogens (tertiary/aromatic N) is 1. The molecular formula is C27H32ClN3O3. The summed E-state index contributed by atoms with van der Waals surface area (Å²) in [6.07, 6.45) is 5.22. The fraction of sp³-hybridized carbons (Fsp3) is 0.444. The Morgan fingerprint density at radius 3 is 2.21 bits per heavy atom. The van der Waals surface area contributed by atoms with Gasteiger partial charge in [0.25, 0.3) is 11.8 Å². The van der Waals surface area contributed by atoms with Gasteiger partial charge in [0.2, 0.25) is 5.91 Å². The number of nitrogens with one attached hydrogen (secondary N) is 2. The predicted octanol–water partition coefficient (Wildman–Crippen LogP) is 4.36. The number of carbonyl (C=O) groups is 3. The van der Waals surface area contributed by atoms with E-state index in [0.29, 0.717) is 29.2 Å².